The fourth-order valence-corrected chi connectivity index (χ4v) is 1.88. The minimum Gasteiger partial charge on any atom is -0.339 e. The van der Waals surface area contributed by atoms with Crippen LogP contribution in [-0.4, -0.2) is 16.3 Å². The maximum absolute atomic E-state index is 10.7. The standard InChI is InChI=1S/C7H8ClN2O3S/c1-14-5-2-3-9(4-11)7(8)6(5)10(12)13/h2-3,11H,4H2,1H3/q+1. The number of hydrogen-bond donors (Lipinski definition) is 1. The maximum Gasteiger partial charge on any atom is 0.366 e. The third kappa shape index (κ3) is 1.97. The first-order chi connectivity index (χ1) is 6.61. The maximum atomic E-state index is 10.7. The van der Waals surface area contributed by atoms with Gasteiger partial charge in [-0.3, -0.25) is 10.1 Å². The Labute approximate surface area is 89.5 Å². The number of rotatable bonds is 3. The van der Waals surface area contributed by atoms with E-state index in [-0.39, 0.29) is 17.6 Å². The fraction of sp³-hybridized carbons (Fsp3) is 0.286. The third-order valence-electron chi connectivity index (χ3n) is 1.64. The number of aliphatic hydroxyl groups excluding tert-OH is 1. The Morgan fingerprint density at radius 3 is 2.86 bits per heavy atom. The van der Waals surface area contributed by atoms with E-state index in [2.05, 4.69) is 0 Å². The van der Waals surface area contributed by atoms with Gasteiger partial charge in [0.1, 0.15) is 0 Å². The van der Waals surface area contributed by atoms with Gasteiger partial charge in [0.25, 0.3) is 6.73 Å². The molecule has 0 atom stereocenters. The molecule has 0 aliphatic carbocycles. The van der Waals surface area contributed by atoms with Gasteiger partial charge in [-0.15, -0.1) is 11.8 Å². The molecule has 1 aromatic heterocycles. The Morgan fingerprint density at radius 1 is 1.79 bits per heavy atom. The molecule has 14 heavy (non-hydrogen) atoms. The van der Waals surface area contributed by atoms with Gasteiger partial charge in [-0.05, 0) is 17.9 Å². The Kier molecular flexibility index (Phi) is 3.68. The summed E-state index contributed by atoms with van der Waals surface area (Å²) in [7, 11) is 0. The number of nitrogens with zero attached hydrogens (tertiary/aromatic N) is 2. The molecule has 0 saturated heterocycles. The highest BCUT2D eigenvalue weighted by atomic mass is 35.5. The van der Waals surface area contributed by atoms with Crippen molar-refractivity contribution in [1.29, 1.82) is 0 Å². The zero-order valence-corrected chi connectivity index (χ0v) is 8.88. The monoisotopic (exact) mass is 235 g/mol. The van der Waals surface area contributed by atoms with Crippen molar-refractivity contribution in [2.45, 2.75) is 11.6 Å². The quantitative estimate of drug-likeness (QED) is 0.281. The molecule has 0 saturated carbocycles. The van der Waals surface area contributed by atoms with E-state index >= 15 is 0 Å². The summed E-state index contributed by atoms with van der Waals surface area (Å²) < 4.78 is 1.19. The van der Waals surface area contributed by atoms with Crippen LogP contribution in [0.25, 0.3) is 0 Å². The van der Waals surface area contributed by atoms with Crippen LogP contribution in [0.1, 0.15) is 0 Å². The number of hydrogen-bond acceptors (Lipinski definition) is 4. The van der Waals surface area contributed by atoms with Crippen molar-refractivity contribution >= 4 is 29.1 Å². The van der Waals surface area contributed by atoms with E-state index in [4.69, 9.17) is 16.7 Å². The van der Waals surface area contributed by atoms with Crippen molar-refractivity contribution in [3.63, 3.8) is 0 Å². The summed E-state index contributed by atoms with van der Waals surface area (Å²) in [6, 6.07) is 1.55. The van der Waals surface area contributed by atoms with Crippen molar-refractivity contribution in [3.05, 3.63) is 27.5 Å². The van der Waals surface area contributed by atoms with Crippen LogP contribution in [0.5, 0.6) is 0 Å². The van der Waals surface area contributed by atoms with Gasteiger partial charge in [-0.25, -0.2) is 0 Å². The van der Waals surface area contributed by atoms with Crippen LogP contribution in [0, 0.1) is 10.1 Å². The minimum absolute atomic E-state index is 0.0654. The lowest BCUT2D eigenvalue weighted by atomic mass is 10.4. The first kappa shape index (κ1) is 11.2. The number of aliphatic hydroxyl groups is 1. The van der Waals surface area contributed by atoms with Crippen molar-refractivity contribution in [2.24, 2.45) is 0 Å². The number of nitro groups is 1. The fourth-order valence-electron chi connectivity index (χ4n) is 0.979. The van der Waals surface area contributed by atoms with Crippen molar-refractivity contribution in [1.82, 2.24) is 0 Å². The molecule has 7 heteroatoms. The van der Waals surface area contributed by atoms with Crippen LogP contribution >= 0.6 is 23.4 Å². The molecule has 0 bridgehead atoms. The van der Waals surface area contributed by atoms with E-state index in [1.54, 1.807) is 12.3 Å². The molecular formula is C7H8ClN2O3S+. The highest BCUT2D eigenvalue weighted by Gasteiger charge is 2.27. The van der Waals surface area contributed by atoms with Crippen LogP contribution in [0.4, 0.5) is 5.69 Å². The highest BCUT2D eigenvalue weighted by molar-refractivity contribution is 7.98. The van der Waals surface area contributed by atoms with Gasteiger partial charge in [-0.2, -0.15) is 4.57 Å². The summed E-state index contributed by atoms with van der Waals surface area (Å²) >= 11 is 6.97. The molecule has 0 aromatic carbocycles. The van der Waals surface area contributed by atoms with E-state index in [1.807, 2.05) is 0 Å². The number of halogens is 1. The van der Waals surface area contributed by atoms with Crippen molar-refractivity contribution < 1.29 is 14.6 Å². The van der Waals surface area contributed by atoms with E-state index < -0.39 is 4.92 Å². The molecule has 0 radical (unpaired) electrons. The lowest BCUT2D eigenvalue weighted by molar-refractivity contribution is -0.730. The minimum atomic E-state index is -0.555. The molecule has 0 amide bonds. The zero-order chi connectivity index (χ0) is 10.7. The summed E-state index contributed by atoms with van der Waals surface area (Å²) in [5.74, 6) is 0. The first-order valence-corrected chi connectivity index (χ1v) is 5.23. The number of aromatic nitrogens is 1. The second-order valence-corrected chi connectivity index (χ2v) is 3.60. The Bertz CT molecular complexity index is 372. The van der Waals surface area contributed by atoms with Gasteiger partial charge in [0.2, 0.25) is 0 Å². The summed E-state index contributed by atoms with van der Waals surface area (Å²) in [5.41, 5.74) is -0.171. The van der Waals surface area contributed by atoms with Crippen LogP contribution in [0.2, 0.25) is 5.15 Å². The Hall–Kier alpha value is -0.850. The number of thioether (sulfide) groups is 1. The Morgan fingerprint density at radius 2 is 2.43 bits per heavy atom. The molecule has 0 spiro atoms. The largest absolute Gasteiger partial charge is 0.366 e. The second-order valence-electron chi connectivity index (χ2n) is 2.39. The molecule has 0 aliphatic heterocycles. The number of pyridine rings is 1. The van der Waals surface area contributed by atoms with Gasteiger partial charge in [0.05, 0.1) is 9.82 Å². The van der Waals surface area contributed by atoms with E-state index in [9.17, 15) is 10.1 Å². The molecule has 5 nitrogen and oxygen atoms in total. The molecule has 1 rings (SSSR count). The van der Waals surface area contributed by atoms with E-state index in [0.717, 1.165) is 0 Å². The lowest BCUT2D eigenvalue weighted by Crippen LogP contribution is -2.35. The van der Waals surface area contributed by atoms with E-state index in [1.165, 1.54) is 22.5 Å². The summed E-state index contributed by atoms with van der Waals surface area (Å²) in [4.78, 5) is 10.6. The van der Waals surface area contributed by atoms with Crippen molar-refractivity contribution in [2.75, 3.05) is 6.26 Å². The zero-order valence-electron chi connectivity index (χ0n) is 7.31. The lowest BCUT2D eigenvalue weighted by Gasteiger charge is -1.99. The summed E-state index contributed by atoms with van der Waals surface area (Å²) in [5, 5.41) is 19.5. The first-order valence-electron chi connectivity index (χ1n) is 3.63. The summed E-state index contributed by atoms with van der Waals surface area (Å²) in [6.07, 6.45) is 3.23. The topological polar surface area (TPSA) is 67.2 Å². The SMILES string of the molecule is CSc1cc[n+](CO)c(Cl)c1[N+](=O)[O-]. The smallest absolute Gasteiger partial charge is 0.339 e. The van der Waals surface area contributed by atoms with E-state index in [0.29, 0.717) is 4.90 Å². The van der Waals surface area contributed by atoms with Crippen LogP contribution in [-0.2, 0) is 6.73 Å². The second kappa shape index (κ2) is 4.59. The predicted octanol–water partition coefficient (Wildman–Crippen LogP) is 1.21. The molecular weight excluding hydrogens is 228 g/mol. The van der Waals surface area contributed by atoms with Gasteiger partial charge in [0.15, 0.2) is 6.20 Å². The third-order valence-corrected chi connectivity index (χ3v) is 2.81. The van der Waals surface area contributed by atoms with Crippen molar-refractivity contribution in [3.8, 4) is 0 Å². The molecule has 0 fully saturated rings. The average molecular weight is 236 g/mol. The van der Waals surface area contributed by atoms with Crippen LogP contribution in [0.15, 0.2) is 17.2 Å². The van der Waals surface area contributed by atoms with Crippen LogP contribution in [0.3, 0.4) is 0 Å². The molecule has 0 aliphatic rings. The predicted molar refractivity (Wildman–Crippen MR) is 52.3 cm³/mol. The molecule has 76 valence electrons. The normalized spacial score (nSPS) is 10.2. The molecule has 1 heterocycles. The average Bonchev–Trinajstić information content (AvgIpc) is 2.16. The summed E-state index contributed by atoms with van der Waals surface area (Å²) in [6.45, 7) is -0.381. The van der Waals surface area contributed by atoms with Gasteiger partial charge < -0.3 is 5.11 Å². The van der Waals surface area contributed by atoms with Gasteiger partial charge >= 0.3 is 10.8 Å². The highest BCUT2D eigenvalue weighted by Crippen LogP contribution is 2.31. The van der Waals surface area contributed by atoms with Gasteiger partial charge in [-0.1, -0.05) is 0 Å². The molecule has 1 N–H and O–H groups in total. The van der Waals surface area contributed by atoms with Gasteiger partial charge in [0, 0.05) is 6.07 Å². The Balaban J connectivity index is 3.39. The molecule has 0 unspecified atom stereocenters. The van der Waals surface area contributed by atoms with Crippen LogP contribution < -0.4 is 4.57 Å². The molecule has 1 aromatic rings.